The van der Waals surface area contributed by atoms with Crippen molar-refractivity contribution >= 4 is 12.2 Å². The summed E-state index contributed by atoms with van der Waals surface area (Å²) in [7, 11) is 0. The fourth-order valence-corrected chi connectivity index (χ4v) is 2.28. The van der Waals surface area contributed by atoms with E-state index in [4.69, 9.17) is 4.74 Å². The van der Waals surface area contributed by atoms with Gasteiger partial charge >= 0.3 is 6.09 Å². The number of benzene rings is 2. The van der Waals surface area contributed by atoms with E-state index < -0.39 is 6.09 Å². The van der Waals surface area contributed by atoms with Gasteiger partial charge in [-0.2, -0.15) is 5.21 Å². The Kier molecular flexibility index (Phi) is 6.09. The van der Waals surface area contributed by atoms with Gasteiger partial charge in [0.15, 0.2) is 0 Å². The van der Waals surface area contributed by atoms with Crippen LogP contribution < -0.4 is 5.32 Å². The Morgan fingerprint density at radius 3 is 2.65 bits per heavy atom. The van der Waals surface area contributed by atoms with Gasteiger partial charge in [0.25, 0.3) is 0 Å². The van der Waals surface area contributed by atoms with Crippen molar-refractivity contribution in [3.05, 3.63) is 71.8 Å². The van der Waals surface area contributed by atoms with E-state index in [1.54, 1.807) is 0 Å². The third-order valence-corrected chi connectivity index (χ3v) is 3.62. The third-order valence-electron chi connectivity index (χ3n) is 3.62. The molecule has 7 nitrogen and oxygen atoms in total. The molecule has 7 heteroatoms. The quantitative estimate of drug-likeness (QED) is 0.639. The first-order valence-corrected chi connectivity index (χ1v) is 8.26. The second-order valence-corrected chi connectivity index (χ2v) is 5.54. The number of carbonyl (C=O) groups excluding carboxylic acids is 1. The van der Waals surface area contributed by atoms with Crippen molar-refractivity contribution in [1.29, 1.82) is 0 Å². The highest BCUT2D eigenvalue weighted by Crippen LogP contribution is 2.14. The van der Waals surface area contributed by atoms with E-state index in [9.17, 15) is 4.79 Å². The van der Waals surface area contributed by atoms with Crippen LogP contribution in [0.25, 0.3) is 17.5 Å². The lowest BCUT2D eigenvalue weighted by molar-refractivity contribution is 0.140. The van der Waals surface area contributed by atoms with Crippen LogP contribution in [0.15, 0.2) is 60.7 Å². The van der Waals surface area contributed by atoms with Crippen molar-refractivity contribution in [3.8, 4) is 11.4 Å². The maximum Gasteiger partial charge on any atom is 0.407 e. The van der Waals surface area contributed by atoms with Gasteiger partial charge in [0, 0.05) is 12.1 Å². The Morgan fingerprint density at radius 2 is 1.92 bits per heavy atom. The zero-order valence-corrected chi connectivity index (χ0v) is 14.1. The predicted octanol–water partition coefficient (Wildman–Crippen LogP) is 3.20. The van der Waals surface area contributed by atoms with E-state index in [0.29, 0.717) is 18.8 Å². The van der Waals surface area contributed by atoms with Crippen LogP contribution in [0.2, 0.25) is 0 Å². The summed E-state index contributed by atoms with van der Waals surface area (Å²) in [5.41, 5.74) is 2.93. The van der Waals surface area contributed by atoms with E-state index >= 15 is 0 Å². The number of hydrogen-bond donors (Lipinski definition) is 2. The van der Waals surface area contributed by atoms with Crippen LogP contribution in [0.4, 0.5) is 4.79 Å². The highest BCUT2D eigenvalue weighted by molar-refractivity contribution is 5.67. The molecule has 3 rings (SSSR count). The van der Waals surface area contributed by atoms with Crippen LogP contribution in [-0.2, 0) is 11.3 Å². The Morgan fingerprint density at radius 1 is 1.12 bits per heavy atom. The molecule has 0 saturated carbocycles. The van der Waals surface area contributed by atoms with Gasteiger partial charge in [-0.05, 0) is 22.8 Å². The molecule has 1 amide bonds. The first kappa shape index (κ1) is 17.3. The number of H-pyrrole nitrogens is 1. The molecule has 0 atom stereocenters. The number of aromatic nitrogens is 4. The summed E-state index contributed by atoms with van der Waals surface area (Å²) < 4.78 is 5.15. The summed E-state index contributed by atoms with van der Waals surface area (Å²) in [5.74, 6) is 0.568. The maximum absolute atomic E-state index is 11.6. The first-order valence-electron chi connectivity index (χ1n) is 8.26. The molecule has 3 aromatic rings. The van der Waals surface area contributed by atoms with Gasteiger partial charge in [-0.15, -0.1) is 10.2 Å². The van der Waals surface area contributed by atoms with E-state index in [2.05, 4.69) is 25.9 Å². The van der Waals surface area contributed by atoms with Gasteiger partial charge in [0.2, 0.25) is 5.82 Å². The average molecular weight is 349 g/mol. The third kappa shape index (κ3) is 5.27. The molecule has 1 aromatic heterocycles. The second-order valence-electron chi connectivity index (χ2n) is 5.54. The first-order chi connectivity index (χ1) is 12.8. The number of ether oxygens (including phenoxy) is 1. The Hall–Kier alpha value is -3.48. The smallest absolute Gasteiger partial charge is 0.407 e. The zero-order chi connectivity index (χ0) is 18.0. The van der Waals surface area contributed by atoms with Gasteiger partial charge in [-0.1, -0.05) is 66.7 Å². The van der Waals surface area contributed by atoms with Crippen molar-refractivity contribution in [3.63, 3.8) is 0 Å². The highest BCUT2D eigenvalue weighted by Gasteiger charge is 2.02. The zero-order valence-electron chi connectivity index (χ0n) is 14.1. The van der Waals surface area contributed by atoms with Crippen LogP contribution in [0.3, 0.4) is 0 Å². The number of rotatable bonds is 7. The number of carbonyl (C=O) groups is 1. The van der Waals surface area contributed by atoms with Gasteiger partial charge in [-0.3, -0.25) is 0 Å². The molecule has 0 saturated heterocycles. The summed E-state index contributed by atoms with van der Waals surface area (Å²) in [5, 5.41) is 16.6. The molecule has 0 fully saturated rings. The Labute approximate surface area is 151 Å². The van der Waals surface area contributed by atoms with Crippen LogP contribution in [-0.4, -0.2) is 33.3 Å². The summed E-state index contributed by atoms with van der Waals surface area (Å²) in [6.45, 7) is 0.792. The fourth-order valence-electron chi connectivity index (χ4n) is 2.28. The number of nitrogens with one attached hydrogen (secondary N) is 2. The van der Waals surface area contributed by atoms with Crippen LogP contribution >= 0.6 is 0 Å². The Bertz CT molecular complexity index is 830. The molecule has 2 N–H and O–H groups in total. The molecule has 2 aromatic carbocycles. The molecule has 1 heterocycles. The highest BCUT2D eigenvalue weighted by atomic mass is 16.5. The second kappa shape index (κ2) is 9.12. The van der Waals surface area contributed by atoms with E-state index in [1.165, 1.54) is 0 Å². The van der Waals surface area contributed by atoms with Crippen LogP contribution in [0, 0.1) is 0 Å². The molecule has 0 aliphatic carbocycles. The van der Waals surface area contributed by atoms with Gasteiger partial charge < -0.3 is 10.1 Å². The minimum atomic E-state index is -0.410. The van der Waals surface area contributed by atoms with Gasteiger partial charge in [0.05, 0.1) is 0 Å². The summed E-state index contributed by atoms with van der Waals surface area (Å²) in [6, 6.07) is 17.4. The van der Waals surface area contributed by atoms with Crippen molar-refractivity contribution in [2.75, 3.05) is 6.54 Å². The minimum absolute atomic E-state index is 0.273. The molecule has 0 aliphatic heterocycles. The number of alkyl carbamates (subject to hydrolysis) is 1. The van der Waals surface area contributed by atoms with E-state index in [1.807, 2.05) is 66.7 Å². The maximum atomic E-state index is 11.6. The fraction of sp³-hybridized carbons (Fsp3) is 0.158. The molecule has 0 spiro atoms. The molecular weight excluding hydrogens is 330 g/mol. The SMILES string of the molecule is O=C(NCCC=Cc1ccc(-c2nn[nH]n2)cc1)OCc1ccccc1. The molecule has 132 valence electrons. The summed E-state index contributed by atoms with van der Waals surface area (Å²) >= 11 is 0. The summed E-state index contributed by atoms with van der Waals surface area (Å²) in [6.07, 6.45) is 4.30. The molecule has 0 aliphatic rings. The molecular formula is C19H19N5O2. The van der Waals surface area contributed by atoms with Crippen LogP contribution in [0.5, 0.6) is 0 Å². The number of tetrazole rings is 1. The summed E-state index contributed by atoms with van der Waals surface area (Å²) in [4.78, 5) is 11.6. The normalized spacial score (nSPS) is 10.8. The molecule has 0 bridgehead atoms. The lowest BCUT2D eigenvalue weighted by atomic mass is 10.1. The molecule has 0 unspecified atom stereocenters. The van der Waals surface area contributed by atoms with Gasteiger partial charge in [-0.25, -0.2) is 4.79 Å². The number of hydrogen-bond acceptors (Lipinski definition) is 5. The number of nitrogens with zero attached hydrogens (tertiary/aromatic N) is 3. The van der Waals surface area contributed by atoms with Crippen molar-refractivity contribution in [1.82, 2.24) is 25.9 Å². The number of aromatic amines is 1. The predicted molar refractivity (Wildman–Crippen MR) is 97.9 cm³/mol. The average Bonchev–Trinajstić information content (AvgIpc) is 3.22. The minimum Gasteiger partial charge on any atom is -0.445 e. The largest absolute Gasteiger partial charge is 0.445 e. The van der Waals surface area contributed by atoms with Crippen molar-refractivity contribution in [2.45, 2.75) is 13.0 Å². The van der Waals surface area contributed by atoms with E-state index in [0.717, 1.165) is 16.7 Å². The van der Waals surface area contributed by atoms with E-state index in [-0.39, 0.29) is 6.61 Å². The monoisotopic (exact) mass is 349 g/mol. The lowest BCUT2D eigenvalue weighted by Crippen LogP contribution is -2.24. The number of amides is 1. The lowest BCUT2D eigenvalue weighted by Gasteiger charge is -2.05. The Balaban J connectivity index is 1.36. The standard InChI is InChI=1S/C19H19N5O2/c25-19(26-14-16-7-2-1-3-8-16)20-13-5-4-6-15-9-11-17(12-10-15)18-21-23-24-22-18/h1-4,6-12H,5,13-14H2,(H,20,25)(H,21,22,23,24). The van der Waals surface area contributed by atoms with Crippen molar-refractivity contribution < 1.29 is 9.53 Å². The van der Waals surface area contributed by atoms with Crippen molar-refractivity contribution in [2.24, 2.45) is 0 Å². The van der Waals surface area contributed by atoms with Gasteiger partial charge in [0.1, 0.15) is 6.61 Å². The molecule has 26 heavy (non-hydrogen) atoms. The van der Waals surface area contributed by atoms with Crippen LogP contribution in [0.1, 0.15) is 17.5 Å². The topological polar surface area (TPSA) is 92.8 Å². The molecule has 0 radical (unpaired) electrons.